The van der Waals surface area contributed by atoms with Crippen molar-refractivity contribution in [1.82, 2.24) is 14.7 Å². The van der Waals surface area contributed by atoms with Gasteiger partial charge in [0.2, 0.25) is 0 Å². The number of urea groups is 1. The van der Waals surface area contributed by atoms with E-state index in [0.29, 0.717) is 0 Å². The molecule has 0 radical (unpaired) electrons. The van der Waals surface area contributed by atoms with Crippen molar-refractivity contribution >= 4 is 16.1 Å². The Kier molecular flexibility index (Phi) is 2.42. The molecule has 1 heterocycles. The molecule has 0 aromatic carbocycles. The highest BCUT2D eigenvalue weighted by Crippen LogP contribution is 2.02. The van der Waals surface area contributed by atoms with E-state index in [4.69, 9.17) is 0 Å². The summed E-state index contributed by atoms with van der Waals surface area (Å²) >= 11 is 0. The van der Waals surface area contributed by atoms with E-state index >= 15 is 0 Å². The van der Waals surface area contributed by atoms with Crippen LogP contribution in [0.25, 0.3) is 0 Å². The van der Waals surface area contributed by atoms with E-state index in [9.17, 15) is 13.2 Å². The normalized spacial score (nSPS) is 10.8. The highest BCUT2D eigenvalue weighted by Gasteiger charge is 2.15. The number of sulfonamides is 1. The lowest BCUT2D eigenvalue weighted by Crippen LogP contribution is -2.35. The van der Waals surface area contributed by atoms with Gasteiger partial charge in [0.1, 0.15) is 11.2 Å². The van der Waals surface area contributed by atoms with Crippen molar-refractivity contribution in [3.05, 3.63) is 18.7 Å². The van der Waals surface area contributed by atoms with Crippen LogP contribution in [-0.4, -0.2) is 24.4 Å². The predicted octanol–water partition coefficient (Wildman–Crippen LogP) is -1.17. The number of nitrogens with zero attached hydrogens (tertiary/aromatic N) is 2. The molecule has 1 aromatic rings. The molecule has 0 saturated heterocycles. The molecule has 0 bridgehead atoms. The molecule has 0 aliphatic heterocycles. The molecule has 0 fully saturated rings. The van der Waals surface area contributed by atoms with Gasteiger partial charge in [-0.05, 0) is 0 Å². The molecule has 1 rings (SSSR count). The first-order valence-electron chi connectivity index (χ1n) is 3.09. The largest absolute Gasteiger partial charge is 0.351 e. The van der Waals surface area contributed by atoms with Crippen molar-refractivity contribution < 1.29 is 13.2 Å². The van der Waals surface area contributed by atoms with Crippen molar-refractivity contribution in [2.24, 2.45) is 5.73 Å². The van der Waals surface area contributed by atoms with Gasteiger partial charge in [0, 0.05) is 0 Å². The second kappa shape index (κ2) is 3.35. The van der Waals surface area contributed by atoms with Crippen LogP contribution in [0.5, 0.6) is 0 Å². The van der Waals surface area contributed by atoms with Gasteiger partial charge in [0.25, 0.3) is 10.0 Å². The van der Waals surface area contributed by atoms with Gasteiger partial charge in [0.15, 0.2) is 0 Å². The van der Waals surface area contributed by atoms with Crippen molar-refractivity contribution in [2.45, 2.75) is 4.90 Å². The van der Waals surface area contributed by atoms with Gasteiger partial charge in [-0.1, -0.05) is 0 Å². The summed E-state index contributed by atoms with van der Waals surface area (Å²) < 4.78 is 23.9. The predicted molar refractivity (Wildman–Crippen MR) is 41.9 cm³/mol. The molecular formula is C5H6N4O3S. The van der Waals surface area contributed by atoms with E-state index in [1.807, 2.05) is 0 Å². The summed E-state index contributed by atoms with van der Waals surface area (Å²) in [6.45, 7) is 0. The lowest BCUT2D eigenvalue weighted by Gasteiger charge is -2.01. The molecule has 0 spiro atoms. The first kappa shape index (κ1) is 9.39. The average Bonchev–Trinajstić information content (AvgIpc) is 2.04. The summed E-state index contributed by atoms with van der Waals surface area (Å²) in [4.78, 5) is 17.0. The van der Waals surface area contributed by atoms with E-state index in [1.54, 1.807) is 4.72 Å². The Morgan fingerprint density at radius 2 is 1.92 bits per heavy atom. The summed E-state index contributed by atoms with van der Waals surface area (Å²) in [6, 6.07) is -1.15. The topological polar surface area (TPSA) is 115 Å². The molecule has 2 amide bonds. The van der Waals surface area contributed by atoms with Crippen LogP contribution in [0, 0.1) is 0 Å². The van der Waals surface area contributed by atoms with Crippen LogP contribution in [0.1, 0.15) is 0 Å². The van der Waals surface area contributed by atoms with Gasteiger partial charge in [0.05, 0.1) is 12.4 Å². The maximum atomic E-state index is 11.2. The summed E-state index contributed by atoms with van der Waals surface area (Å²) in [6.07, 6.45) is 3.28. The van der Waals surface area contributed by atoms with Crippen molar-refractivity contribution in [3.63, 3.8) is 0 Å². The SMILES string of the molecule is NC(=O)NS(=O)(=O)c1cncnc1. The van der Waals surface area contributed by atoms with Crippen molar-refractivity contribution in [1.29, 1.82) is 0 Å². The number of hydrogen-bond donors (Lipinski definition) is 2. The van der Waals surface area contributed by atoms with Crippen LogP contribution in [-0.2, 0) is 10.0 Å². The van der Waals surface area contributed by atoms with E-state index in [1.165, 1.54) is 6.33 Å². The maximum Gasteiger partial charge on any atom is 0.326 e. The average molecular weight is 202 g/mol. The molecule has 0 aliphatic carbocycles. The van der Waals surface area contributed by atoms with E-state index in [-0.39, 0.29) is 4.90 Å². The van der Waals surface area contributed by atoms with Gasteiger partial charge >= 0.3 is 6.03 Å². The second-order valence-electron chi connectivity index (χ2n) is 2.04. The summed E-state index contributed by atoms with van der Waals surface area (Å²) in [5.41, 5.74) is 4.65. The van der Waals surface area contributed by atoms with Gasteiger partial charge in [-0.25, -0.2) is 27.9 Å². The third-order valence-corrected chi connectivity index (χ3v) is 2.38. The van der Waals surface area contributed by atoms with Gasteiger partial charge in [-0.15, -0.1) is 0 Å². The number of carbonyl (C=O) groups is 1. The first-order chi connectivity index (χ1) is 6.02. The van der Waals surface area contributed by atoms with Crippen molar-refractivity contribution in [3.8, 4) is 0 Å². The molecule has 13 heavy (non-hydrogen) atoms. The molecule has 3 N–H and O–H groups in total. The van der Waals surface area contributed by atoms with E-state index in [0.717, 1.165) is 12.4 Å². The first-order valence-corrected chi connectivity index (χ1v) is 4.58. The smallest absolute Gasteiger partial charge is 0.326 e. The Morgan fingerprint density at radius 3 is 2.38 bits per heavy atom. The monoisotopic (exact) mass is 202 g/mol. The van der Waals surface area contributed by atoms with Gasteiger partial charge in [-0.2, -0.15) is 0 Å². The molecule has 0 saturated carbocycles. The Labute approximate surface area is 74.0 Å². The molecule has 1 aromatic heterocycles. The Hall–Kier alpha value is -1.70. The third kappa shape index (κ3) is 2.37. The van der Waals surface area contributed by atoms with Crippen LogP contribution in [0.4, 0.5) is 4.79 Å². The molecule has 0 aliphatic rings. The zero-order valence-corrected chi connectivity index (χ0v) is 7.15. The summed E-state index contributed by atoms with van der Waals surface area (Å²) in [7, 11) is -3.91. The fourth-order valence-electron chi connectivity index (χ4n) is 0.616. The zero-order chi connectivity index (χ0) is 9.90. The number of primary amides is 1. The van der Waals surface area contributed by atoms with Crippen LogP contribution < -0.4 is 10.5 Å². The fraction of sp³-hybridized carbons (Fsp3) is 0. The minimum Gasteiger partial charge on any atom is -0.351 e. The Balaban J connectivity index is 3.02. The maximum absolute atomic E-state index is 11.2. The number of nitrogens with two attached hydrogens (primary N) is 1. The quantitative estimate of drug-likeness (QED) is 0.627. The number of nitrogens with one attached hydrogen (secondary N) is 1. The molecule has 8 heteroatoms. The van der Waals surface area contributed by atoms with Crippen LogP contribution in [0.15, 0.2) is 23.6 Å². The molecule has 0 unspecified atom stereocenters. The van der Waals surface area contributed by atoms with Crippen LogP contribution in [0.2, 0.25) is 0 Å². The number of amides is 2. The van der Waals surface area contributed by atoms with E-state index < -0.39 is 16.1 Å². The van der Waals surface area contributed by atoms with Crippen LogP contribution >= 0.6 is 0 Å². The van der Waals surface area contributed by atoms with Gasteiger partial charge in [-0.3, -0.25) is 0 Å². The number of hydrogen-bond acceptors (Lipinski definition) is 5. The van der Waals surface area contributed by atoms with Crippen molar-refractivity contribution in [2.75, 3.05) is 0 Å². The summed E-state index contributed by atoms with van der Waals surface area (Å²) in [5, 5.41) is 0. The fourth-order valence-corrected chi connectivity index (χ4v) is 1.40. The second-order valence-corrected chi connectivity index (χ2v) is 3.73. The minimum absolute atomic E-state index is 0.214. The summed E-state index contributed by atoms with van der Waals surface area (Å²) in [5.74, 6) is 0. The van der Waals surface area contributed by atoms with Crippen LogP contribution in [0.3, 0.4) is 0 Å². The highest BCUT2D eigenvalue weighted by molar-refractivity contribution is 7.90. The number of carbonyl (C=O) groups excluding carboxylic acids is 1. The molecule has 7 nitrogen and oxygen atoms in total. The zero-order valence-electron chi connectivity index (χ0n) is 6.34. The standard InChI is InChI=1S/C5H6N4O3S/c6-5(10)9-13(11,12)4-1-7-3-8-2-4/h1-3H,(H3,6,9,10). The lowest BCUT2D eigenvalue weighted by molar-refractivity contribution is 0.253. The Morgan fingerprint density at radius 1 is 1.38 bits per heavy atom. The number of aromatic nitrogens is 2. The molecule has 70 valence electrons. The lowest BCUT2D eigenvalue weighted by atomic mass is 10.7. The minimum atomic E-state index is -3.91. The van der Waals surface area contributed by atoms with Gasteiger partial charge < -0.3 is 5.73 Å². The highest BCUT2D eigenvalue weighted by atomic mass is 32.2. The third-order valence-electron chi connectivity index (χ3n) is 1.08. The number of rotatable bonds is 2. The molecule has 0 atom stereocenters. The molecular weight excluding hydrogens is 196 g/mol. The van der Waals surface area contributed by atoms with E-state index in [2.05, 4.69) is 15.7 Å². The Bertz CT molecular complexity index is 401.